The fraction of sp³-hybridized carbons (Fsp3) is 0.545. The number of aryl methyl sites for hydroxylation is 1. The monoisotopic (exact) mass is 341 g/mol. The summed E-state index contributed by atoms with van der Waals surface area (Å²) < 4.78 is 1.41. The van der Waals surface area contributed by atoms with Gasteiger partial charge in [-0.1, -0.05) is 52.3 Å². The van der Waals surface area contributed by atoms with Crippen molar-refractivity contribution < 1.29 is 0 Å². The van der Waals surface area contributed by atoms with Crippen molar-refractivity contribution in [3.8, 4) is 12.3 Å². The fourth-order valence-corrected chi connectivity index (χ4v) is 4.73. The zero-order valence-electron chi connectivity index (χ0n) is 15.8. The zero-order chi connectivity index (χ0) is 17.7. The van der Waals surface area contributed by atoms with Gasteiger partial charge >= 0.3 is 0 Å². The molecule has 2 atom stereocenters. The minimum Gasteiger partial charge on any atom is -0.308 e. The molecular formula is C22H31NS. The van der Waals surface area contributed by atoms with E-state index in [0.29, 0.717) is 12.0 Å². The summed E-state index contributed by atoms with van der Waals surface area (Å²) in [6.45, 7) is 12.3. The largest absolute Gasteiger partial charge is 0.308 e. The molecule has 0 saturated heterocycles. The molecule has 1 N–H and O–H groups in total. The number of rotatable bonds is 7. The predicted molar refractivity (Wildman–Crippen MR) is 108 cm³/mol. The minimum atomic E-state index is 0.198. The van der Waals surface area contributed by atoms with Gasteiger partial charge in [-0.3, -0.25) is 0 Å². The summed E-state index contributed by atoms with van der Waals surface area (Å²) in [5.41, 5.74) is 1.57. The topological polar surface area (TPSA) is 12.0 Å². The minimum absolute atomic E-state index is 0.198. The lowest BCUT2D eigenvalue weighted by Crippen LogP contribution is -2.45. The average molecular weight is 342 g/mol. The first-order chi connectivity index (χ1) is 11.4. The maximum atomic E-state index is 5.64. The SMILES string of the molecule is C#CCC(CCC)[C@@H](NCc1cc2cccc(C)c2s1)C(C)(C)C. The second kappa shape index (κ2) is 8.19. The molecule has 0 fully saturated rings. The van der Waals surface area contributed by atoms with Crippen molar-refractivity contribution in [2.45, 2.75) is 66.5 Å². The Bertz CT molecular complexity index is 699. The maximum Gasteiger partial charge on any atom is 0.0375 e. The molecule has 1 aromatic carbocycles. The second-order valence-corrected chi connectivity index (χ2v) is 9.02. The highest BCUT2D eigenvalue weighted by atomic mass is 32.1. The van der Waals surface area contributed by atoms with Gasteiger partial charge in [0.1, 0.15) is 0 Å². The molecule has 130 valence electrons. The predicted octanol–water partition coefficient (Wildman–Crippen LogP) is 6.15. The highest BCUT2D eigenvalue weighted by Gasteiger charge is 2.31. The van der Waals surface area contributed by atoms with E-state index in [0.717, 1.165) is 13.0 Å². The van der Waals surface area contributed by atoms with Gasteiger partial charge in [-0.15, -0.1) is 23.7 Å². The molecule has 0 bridgehead atoms. The number of hydrogen-bond donors (Lipinski definition) is 1. The number of fused-ring (bicyclic) bond motifs is 1. The quantitative estimate of drug-likeness (QED) is 0.595. The molecule has 1 nitrogen and oxygen atoms in total. The van der Waals surface area contributed by atoms with Crippen molar-refractivity contribution in [2.75, 3.05) is 0 Å². The third-order valence-corrected chi connectivity index (χ3v) is 6.02. The first-order valence-corrected chi connectivity index (χ1v) is 9.83. The van der Waals surface area contributed by atoms with Crippen LogP contribution in [-0.2, 0) is 6.54 Å². The first kappa shape index (κ1) is 19.0. The fourth-order valence-electron chi connectivity index (χ4n) is 3.65. The van der Waals surface area contributed by atoms with E-state index in [2.05, 4.69) is 70.1 Å². The van der Waals surface area contributed by atoms with Crippen LogP contribution in [0.1, 0.15) is 57.4 Å². The van der Waals surface area contributed by atoms with Crippen molar-refractivity contribution in [3.63, 3.8) is 0 Å². The lowest BCUT2D eigenvalue weighted by molar-refractivity contribution is 0.184. The Hall–Kier alpha value is -1.30. The Morgan fingerprint density at radius 2 is 2.04 bits per heavy atom. The molecule has 2 rings (SSSR count). The normalized spacial score (nSPS) is 14.5. The molecule has 1 aromatic heterocycles. The van der Waals surface area contributed by atoms with Gasteiger partial charge in [0.25, 0.3) is 0 Å². The standard InChI is InChI=1S/C22H31NS/c1-7-10-17(11-8-2)21(22(4,5)6)23-15-19-14-18-13-9-12-16(3)20(18)24-19/h1,9,12-14,17,21,23H,8,10-11,15H2,2-6H3/t17?,21-/m1/s1. The molecule has 0 radical (unpaired) electrons. The molecule has 0 amide bonds. The van der Waals surface area contributed by atoms with Crippen LogP contribution in [0.3, 0.4) is 0 Å². The summed E-state index contributed by atoms with van der Waals surface area (Å²) in [6.07, 6.45) is 8.86. The number of hydrogen-bond acceptors (Lipinski definition) is 2. The van der Waals surface area contributed by atoms with Crippen molar-refractivity contribution in [3.05, 3.63) is 34.7 Å². The zero-order valence-corrected chi connectivity index (χ0v) is 16.6. The third-order valence-electron chi connectivity index (χ3n) is 4.73. The van der Waals surface area contributed by atoms with E-state index < -0.39 is 0 Å². The maximum absolute atomic E-state index is 5.64. The molecule has 24 heavy (non-hydrogen) atoms. The molecular weight excluding hydrogens is 310 g/mol. The molecule has 0 saturated carbocycles. The summed E-state index contributed by atoms with van der Waals surface area (Å²) in [5.74, 6) is 3.43. The number of thiophene rings is 1. The van der Waals surface area contributed by atoms with Gasteiger partial charge in [0.05, 0.1) is 0 Å². The Balaban J connectivity index is 2.17. The van der Waals surface area contributed by atoms with Gasteiger partial charge in [0, 0.05) is 28.6 Å². The summed E-state index contributed by atoms with van der Waals surface area (Å²) >= 11 is 1.91. The molecule has 0 aliphatic rings. The van der Waals surface area contributed by atoms with E-state index in [1.807, 2.05) is 11.3 Å². The van der Waals surface area contributed by atoms with E-state index in [9.17, 15) is 0 Å². The first-order valence-electron chi connectivity index (χ1n) is 9.01. The molecule has 2 heteroatoms. The van der Waals surface area contributed by atoms with Crippen LogP contribution >= 0.6 is 11.3 Å². The average Bonchev–Trinajstić information content (AvgIpc) is 2.91. The molecule has 0 aliphatic carbocycles. The Labute approximate surface area is 151 Å². The Morgan fingerprint density at radius 1 is 1.29 bits per heavy atom. The van der Waals surface area contributed by atoms with Crippen LogP contribution in [0.25, 0.3) is 10.1 Å². The van der Waals surface area contributed by atoms with Crippen LogP contribution in [0.2, 0.25) is 0 Å². The summed E-state index contributed by atoms with van der Waals surface area (Å²) in [4.78, 5) is 1.41. The van der Waals surface area contributed by atoms with Crippen LogP contribution in [0, 0.1) is 30.6 Å². The smallest absolute Gasteiger partial charge is 0.0375 e. The van der Waals surface area contributed by atoms with Crippen LogP contribution in [-0.4, -0.2) is 6.04 Å². The number of terminal acetylenes is 1. The van der Waals surface area contributed by atoms with E-state index >= 15 is 0 Å². The van der Waals surface area contributed by atoms with Gasteiger partial charge in [0.15, 0.2) is 0 Å². The second-order valence-electron chi connectivity index (χ2n) is 7.89. The van der Waals surface area contributed by atoms with E-state index in [4.69, 9.17) is 6.42 Å². The van der Waals surface area contributed by atoms with Crippen molar-refractivity contribution in [1.82, 2.24) is 5.32 Å². The number of benzene rings is 1. The van der Waals surface area contributed by atoms with Gasteiger partial charge in [-0.25, -0.2) is 0 Å². The van der Waals surface area contributed by atoms with Gasteiger partial charge in [0.2, 0.25) is 0 Å². The van der Waals surface area contributed by atoms with Crippen molar-refractivity contribution in [2.24, 2.45) is 11.3 Å². The third kappa shape index (κ3) is 4.62. The molecule has 1 heterocycles. The number of nitrogens with one attached hydrogen (secondary N) is 1. The summed E-state index contributed by atoms with van der Waals surface area (Å²) in [5, 5.41) is 5.20. The van der Waals surface area contributed by atoms with Crippen molar-refractivity contribution in [1.29, 1.82) is 0 Å². The van der Waals surface area contributed by atoms with Crippen molar-refractivity contribution >= 4 is 21.4 Å². The summed E-state index contributed by atoms with van der Waals surface area (Å²) in [7, 11) is 0. The Morgan fingerprint density at radius 3 is 2.62 bits per heavy atom. The highest BCUT2D eigenvalue weighted by molar-refractivity contribution is 7.19. The molecule has 0 spiro atoms. The molecule has 2 aromatic rings. The van der Waals surface area contributed by atoms with Gasteiger partial charge in [-0.05, 0) is 41.7 Å². The molecule has 0 aliphatic heterocycles. The van der Waals surface area contributed by atoms with Crippen LogP contribution in [0.4, 0.5) is 0 Å². The van der Waals surface area contributed by atoms with E-state index in [1.54, 1.807) is 0 Å². The molecule has 1 unspecified atom stereocenters. The van der Waals surface area contributed by atoms with Crippen LogP contribution in [0.5, 0.6) is 0 Å². The van der Waals surface area contributed by atoms with Gasteiger partial charge in [-0.2, -0.15) is 0 Å². The lowest BCUT2D eigenvalue weighted by atomic mass is 9.76. The van der Waals surface area contributed by atoms with E-state index in [1.165, 1.54) is 33.4 Å². The highest BCUT2D eigenvalue weighted by Crippen LogP contribution is 2.32. The Kier molecular flexibility index (Phi) is 6.49. The summed E-state index contributed by atoms with van der Waals surface area (Å²) in [6, 6.07) is 9.30. The van der Waals surface area contributed by atoms with E-state index in [-0.39, 0.29) is 5.41 Å². The van der Waals surface area contributed by atoms with Gasteiger partial charge < -0.3 is 5.32 Å². The lowest BCUT2D eigenvalue weighted by Gasteiger charge is -2.37. The van der Waals surface area contributed by atoms with Crippen LogP contribution in [0.15, 0.2) is 24.3 Å². The van der Waals surface area contributed by atoms with Crippen LogP contribution < -0.4 is 5.32 Å².